The second-order valence-corrected chi connectivity index (χ2v) is 8.41. The summed E-state index contributed by atoms with van der Waals surface area (Å²) in [5, 5.41) is 0. The van der Waals surface area contributed by atoms with Crippen molar-refractivity contribution in [2.45, 2.75) is 49.7 Å². The van der Waals surface area contributed by atoms with Gasteiger partial charge in [0.15, 0.2) is 0 Å². The SMILES string of the molecule is COC(=O)CCN1CC2(CCN(CCc3ccccc3)CC2)OC2(CC2)C1=O. The molecule has 152 valence electrons. The fourth-order valence-corrected chi connectivity index (χ4v) is 4.51. The number of nitrogens with zero attached hydrogens (tertiary/aromatic N) is 2. The summed E-state index contributed by atoms with van der Waals surface area (Å²) in [5.41, 5.74) is 0.498. The average molecular weight is 386 g/mol. The summed E-state index contributed by atoms with van der Waals surface area (Å²) in [6.45, 7) is 4.05. The number of esters is 1. The zero-order chi connectivity index (χ0) is 19.6. The number of carbonyl (C=O) groups excluding carboxylic acids is 2. The number of hydrogen-bond donors (Lipinski definition) is 0. The molecule has 0 aromatic heterocycles. The second-order valence-electron chi connectivity index (χ2n) is 8.41. The third kappa shape index (κ3) is 4.08. The minimum absolute atomic E-state index is 0.0635. The maximum absolute atomic E-state index is 12.8. The van der Waals surface area contributed by atoms with Crippen LogP contribution < -0.4 is 0 Å². The molecule has 3 aliphatic rings. The van der Waals surface area contributed by atoms with E-state index < -0.39 is 5.60 Å². The molecule has 0 atom stereocenters. The Morgan fingerprint density at radius 1 is 1.11 bits per heavy atom. The first kappa shape index (κ1) is 19.4. The molecule has 2 saturated heterocycles. The molecule has 2 aliphatic heterocycles. The van der Waals surface area contributed by atoms with Crippen LogP contribution in [0.1, 0.15) is 37.7 Å². The molecular formula is C22H30N2O4. The van der Waals surface area contributed by atoms with Crippen molar-refractivity contribution in [3.8, 4) is 0 Å². The van der Waals surface area contributed by atoms with Crippen LogP contribution in [0.2, 0.25) is 0 Å². The number of morpholine rings is 1. The molecule has 1 aromatic rings. The van der Waals surface area contributed by atoms with Crippen molar-refractivity contribution >= 4 is 11.9 Å². The molecule has 2 heterocycles. The van der Waals surface area contributed by atoms with Gasteiger partial charge in [0.2, 0.25) is 0 Å². The van der Waals surface area contributed by atoms with Crippen molar-refractivity contribution in [3.63, 3.8) is 0 Å². The van der Waals surface area contributed by atoms with Gasteiger partial charge in [-0.15, -0.1) is 0 Å². The fourth-order valence-electron chi connectivity index (χ4n) is 4.51. The lowest BCUT2D eigenvalue weighted by Crippen LogP contribution is -2.63. The van der Waals surface area contributed by atoms with Crippen LogP contribution in [-0.4, -0.2) is 72.7 Å². The number of methoxy groups -OCH3 is 1. The molecule has 6 heteroatoms. The Balaban J connectivity index is 1.34. The summed E-state index contributed by atoms with van der Waals surface area (Å²) in [5.74, 6) is -0.206. The Labute approximate surface area is 166 Å². The highest BCUT2D eigenvalue weighted by Crippen LogP contribution is 2.49. The van der Waals surface area contributed by atoms with Crippen molar-refractivity contribution in [3.05, 3.63) is 35.9 Å². The lowest BCUT2D eigenvalue weighted by molar-refractivity contribution is -0.200. The first-order valence-electron chi connectivity index (χ1n) is 10.4. The maximum atomic E-state index is 12.8. The van der Waals surface area contributed by atoms with E-state index in [0.29, 0.717) is 13.1 Å². The van der Waals surface area contributed by atoms with Crippen LogP contribution in [-0.2, 0) is 25.5 Å². The fraction of sp³-hybridized carbons (Fsp3) is 0.636. The lowest BCUT2D eigenvalue weighted by Gasteiger charge is -2.50. The van der Waals surface area contributed by atoms with Crippen LogP contribution in [0, 0.1) is 0 Å². The van der Waals surface area contributed by atoms with Crippen molar-refractivity contribution < 1.29 is 19.1 Å². The van der Waals surface area contributed by atoms with Gasteiger partial charge in [-0.05, 0) is 37.7 Å². The number of amides is 1. The van der Waals surface area contributed by atoms with Crippen LogP contribution in [0.3, 0.4) is 0 Å². The van der Waals surface area contributed by atoms with Crippen molar-refractivity contribution in [2.24, 2.45) is 0 Å². The molecule has 2 spiro atoms. The number of rotatable bonds is 6. The van der Waals surface area contributed by atoms with Gasteiger partial charge in [-0.2, -0.15) is 0 Å². The van der Waals surface area contributed by atoms with E-state index in [2.05, 4.69) is 35.2 Å². The Kier molecular flexibility index (Phi) is 5.43. The van der Waals surface area contributed by atoms with Gasteiger partial charge >= 0.3 is 5.97 Å². The van der Waals surface area contributed by atoms with Gasteiger partial charge in [0.25, 0.3) is 5.91 Å². The Morgan fingerprint density at radius 3 is 2.46 bits per heavy atom. The van der Waals surface area contributed by atoms with E-state index in [1.165, 1.54) is 12.7 Å². The molecule has 28 heavy (non-hydrogen) atoms. The summed E-state index contributed by atoms with van der Waals surface area (Å²) in [6, 6.07) is 10.6. The first-order chi connectivity index (χ1) is 13.5. The minimum Gasteiger partial charge on any atom is -0.469 e. The Hall–Kier alpha value is -1.92. The van der Waals surface area contributed by atoms with Crippen LogP contribution in [0.5, 0.6) is 0 Å². The molecule has 1 aromatic carbocycles. The van der Waals surface area contributed by atoms with E-state index in [1.54, 1.807) is 0 Å². The summed E-state index contributed by atoms with van der Waals surface area (Å²) in [4.78, 5) is 28.7. The summed E-state index contributed by atoms with van der Waals surface area (Å²) in [7, 11) is 1.39. The number of ether oxygens (including phenoxy) is 2. The molecule has 3 fully saturated rings. The molecule has 0 bridgehead atoms. The number of benzene rings is 1. The standard InChI is InChI=1S/C22H30N2O4/c1-27-19(25)8-14-24-17-21(28-22(9-10-22)20(24)26)11-15-23(16-12-21)13-7-18-5-3-2-4-6-18/h2-6H,7-17H2,1H3. The van der Waals surface area contributed by atoms with Gasteiger partial charge in [0, 0.05) is 32.7 Å². The normalized spacial score (nSPS) is 23.2. The van der Waals surface area contributed by atoms with Crippen molar-refractivity contribution in [2.75, 3.05) is 39.8 Å². The average Bonchev–Trinajstić information content (AvgIpc) is 3.50. The van der Waals surface area contributed by atoms with E-state index >= 15 is 0 Å². The predicted octanol–water partition coefficient (Wildman–Crippen LogP) is 2.02. The number of likely N-dealkylation sites (tertiary alicyclic amines) is 1. The molecule has 6 nitrogen and oxygen atoms in total. The van der Waals surface area contributed by atoms with E-state index in [9.17, 15) is 9.59 Å². The topological polar surface area (TPSA) is 59.1 Å². The smallest absolute Gasteiger partial charge is 0.307 e. The monoisotopic (exact) mass is 386 g/mol. The molecule has 1 saturated carbocycles. The molecule has 0 unspecified atom stereocenters. The maximum Gasteiger partial charge on any atom is 0.307 e. The van der Waals surface area contributed by atoms with E-state index in [0.717, 1.165) is 51.7 Å². The van der Waals surface area contributed by atoms with Gasteiger partial charge in [0.1, 0.15) is 5.60 Å². The molecule has 1 amide bonds. The van der Waals surface area contributed by atoms with Crippen LogP contribution in [0.15, 0.2) is 30.3 Å². The third-order valence-electron chi connectivity index (χ3n) is 6.41. The minimum atomic E-state index is -0.611. The molecule has 0 N–H and O–H groups in total. The van der Waals surface area contributed by atoms with Gasteiger partial charge < -0.3 is 19.3 Å². The summed E-state index contributed by atoms with van der Waals surface area (Å²) >= 11 is 0. The zero-order valence-electron chi connectivity index (χ0n) is 16.7. The first-order valence-corrected chi connectivity index (χ1v) is 10.4. The summed E-state index contributed by atoms with van der Waals surface area (Å²) < 4.78 is 11.2. The largest absolute Gasteiger partial charge is 0.469 e. The highest BCUT2D eigenvalue weighted by atomic mass is 16.5. The zero-order valence-corrected chi connectivity index (χ0v) is 16.7. The lowest BCUT2D eigenvalue weighted by atomic mass is 9.87. The number of hydrogen-bond acceptors (Lipinski definition) is 5. The number of piperidine rings is 1. The molecular weight excluding hydrogens is 356 g/mol. The van der Waals surface area contributed by atoms with E-state index in [-0.39, 0.29) is 23.9 Å². The van der Waals surface area contributed by atoms with Crippen LogP contribution in [0.4, 0.5) is 0 Å². The van der Waals surface area contributed by atoms with Crippen molar-refractivity contribution in [1.82, 2.24) is 9.80 Å². The van der Waals surface area contributed by atoms with E-state index in [1.807, 2.05) is 4.90 Å². The van der Waals surface area contributed by atoms with Crippen molar-refractivity contribution in [1.29, 1.82) is 0 Å². The van der Waals surface area contributed by atoms with Gasteiger partial charge in [-0.25, -0.2) is 0 Å². The Bertz CT molecular complexity index is 709. The van der Waals surface area contributed by atoms with Gasteiger partial charge in [-0.1, -0.05) is 30.3 Å². The summed E-state index contributed by atoms with van der Waals surface area (Å²) in [6.07, 6.45) is 4.79. The van der Waals surface area contributed by atoms with Gasteiger partial charge in [0.05, 0.1) is 19.1 Å². The number of carbonyl (C=O) groups is 2. The predicted molar refractivity (Wildman–Crippen MR) is 105 cm³/mol. The molecule has 4 rings (SSSR count). The molecule has 1 aliphatic carbocycles. The quantitative estimate of drug-likeness (QED) is 0.700. The van der Waals surface area contributed by atoms with Crippen LogP contribution >= 0.6 is 0 Å². The highest BCUT2D eigenvalue weighted by Gasteiger charge is 2.61. The second kappa shape index (κ2) is 7.84. The molecule has 0 radical (unpaired) electrons. The van der Waals surface area contributed by atoms with Crippen LogP contribution in [0.25, 0.3) is 0 Å². The third-order valence-corrected chi connectivity index (χ3v) is 6.41. The highest BCUT2D eigenvalue weighted by molar-refractivity contribution is 5.89. The Morgan fingerprint density at radius 2 is 1.82 bits per heavy atom. The van der Waals surface area contributed by atoms with E-state index in [4.69, 9.17) is 9.47 Å². The van der Waals surface area contributed by atoms with Gasteiger partial charge in [-0.3, -0.25) is 9.59 Å².